The van der Waals surface area contributed by atoms with Crippen molar-refractivity contribution in [2.45, 2.75) is 94.2 Å². The molecule has 4 heterocycles. The zero-order valence-corrected chi connectivity index (χ0v) is 44.7. The van der Waals surface area contributed by atoms with Crippen molar-refractivity contribution >= 4 is 23.8 Å². The van der Waals surface area contributed by atoms with Crippen molar-refractivity contribution in [2.24, 2.45) is 5.92 Å². The van der Waals surface area contributed by atoms with E-state index in [1.54, 1.807) is 15.9 Å². The summed E-state index contributed by atoms with van der Waals surface area (Å²) in [5.41, 5.74) is 6.59. The van der Waals surface area contributed by atoms with Gasteiger partial charge in [0.25, 0.3) is 0 Å². The molecule has 76 heavy (non-hydrogen) atoms. The Labute approximate surface area is 450 Å². The van der Waals surface area contributed by atoms with Crippen LogP contribution in [0.1, 0.15) is 109 Å². The van der Waals surface area contributed by atoms with Gasteiger partial charge in [-0.15, -0.1) is 0 Å². The minimum atomic E-state index is -0.570. The van der Waals surface area contributed by atoms with Gasteiger partial charge in [-0.2, -0.15) is 5.26 Å². The van der Waals surface area contributed by atoms with Crippen LogP contribution in [-0.2, 0) is 28.7 Å². The highest BCUT2D eigenvalue weighted by atomic mass is 16.5. The fraction of sp³-hybridized carbons (Fsp3) is 0.369. The molecule has 6 aromatic rings. The molecule has 0 saturated carbocycles. The number of ether oxygens (including phenoxy) is 2. The molecule has 2 amide bonds. The highest BCUT2D eigenvalue weighted by Gasteiger charge is 2.46. The number of hydrogen-bond acceptors (Lipinski definition) is 9. The van der Waals surface area contributed by atoms with Gasteiger partial charge in [-0.05, 0) is 103 Å². The van der Waals surface area contributed by atoms with Crippen LogP contribution in [0.4, 0.5) is 0 Å². The summed E-state index contributed by atoms with van der Waals surface area (Å²) in [7, 11) is 2.79. The number of likely N-dealkylation sites (tertiary alicyclic amines) is 3. The van der Waals surface area contributed by atoms with E-state index in [1.807, 2.05) is 121 Å². The zero-order valence-electron chi connectivity index (χ0n) is 44.7. The van der Waals surface area contributed by atoms with E-state index < -0.39 is 23.9 Å². The highest BCUT2D eigenvalue weighted by molar-refractivity contribution is 5.92. The lowest BCUT2D eigenvalue weighted by Crippen LogP contribution is -2.45. The van der Waals surface area contributed by atoms with Crippen LogP contribution in [0.5, 0.6) is 0 Å². The number of hydrogen-bond donors (Lipinski definition) is 1. The average Bonchev–Trinajstić information content (AvgIpc) is 4.15. The smallest absolute Gasteiger partial charge is 0.328 e. The summed E-state index contributed by atoms with van der Waals surface area (Å²) < 4.78 is 10.1. The maximum absolute atomic E-state index is 14.2. The summed E-state index contributed by atoms with van der Waals surface area (Å²) >= 11 is 0. The van der Waals surface area contributed by atoms with Crippen LogP contribution >= 0.6 is 0 Å². The van der Waals surface area contributed by atoms with Gasteiger partial charge in [0.15, 0.2) is 0 Å². The normalized spacial score (nSPS) is 21.1. The first-order valence-electron chi connectivity index (χ1n) is 27.0. The number of benzene rings is 6. The Kier molecular flexibility index (Phi) is 21.5. The number of amides is 2. The minimum Gasteiger partial charge on any atom is -0.467 e. The molecule has 0 unspecified atom stereocenters. The first kappa shape index (κ1) is 56.3. The molecule has 4 fully saturated rings. The standard InChI is InChI=1S/C31H34N2O3.C21H23NO3.C11H15N.C2H3N/c1-36-31(35)28-20-27(32-19-11-18-26(21-32)23-12-5-2-6-13-23)22-33(28)30(34)29(24-14-7-3-8-15-24)25-16-9-4-10-17-25;1-15-13-18(21(24)25-2)22(14-15)20(23)19(16-9-5-3-6-10-16)17-11-7-4-8-12-17;1-2-5-10(6-3-1)11-7-4-8-12-9-11;1-2-3/h2-10,12-17,26-29H,11,18-22H2,1H3;3-12,15,18-19H,13-14H2,1-2H3;1-3,5-6,11-12H,4,7-9H2;1H3/t26-,27+,28+;15-,18+;11-;/m111./s1. The van der Waals surface area contributed by atoms with Crippen molar-refractivity contribution < 1.29 is 28.7 Å². The number of carbonyl (C=O) groups excluding carboxylic acids is 4. The molecule has 4 aliphatic heterocycles. The SMILES string of the molecule is CC#N.COC(=O)[C@@H]1C[C@@H](C)CN1C(=O)C(c1ccccc1)c1ccccc1.COC(=O)[C@@H]1C[C@H](N2CCC[C@@H](c3ccccc3)C2)CN1C(=O)C(c1ccccc1)c1ccccc1.c1ccc([C@@H]2CCCNC2)cc1. The van der Waals surface area contributed by atoms with Crippen molar-refractivity contribution in [1.82, 2.24) is 20.0 Å². The van der Waals surface area contributed by atoms with Crippen LogP contribution in [0.3, 0.4) is 0 Å². The van der Waals surface area contributed by atoms with Crippen molar-refractivity contribution in [2.75, 3.05) is 53.5 Å². The Morgan fingerprint density at radius 3 is 1.33 bits per heavy atom. The monoisotopic (exact) mass is 1020 g/mol. The van der Waals surface area contributed by atoms with Crippen LogP contribution in [0.15, 0.2) is 182 Å². The number of esters is 2. The van der Waals surface area contributed by atoms with Crippen LogP contribution in [-0.4, -0.2) is 110 Å². The van der Waals surface area contributed by atoms with E-state index in [1.165, 1.54) is 58.1 Å². The summed E-state index contributed by atoms with van der Waals surface area (Å²) in [6.45, 7) is 8.90. The van der Waals surface area contributed by atoms with Gasteiger partial charge in [-0.25, -0.2) is 9.59 Å². The molecule has 1 N–H and O–H groups in total. The number of nitrogens with zero attached hydrogens (tertiary/aromatic N) is 4. The van der Waals surface area contributed by atoms with E-state index in [9.17, 15) is 19.2 Å². The Hall–Kier alpha value is -7.39. The second-order valence-electron chi connectivity index (χ2n) is 20.2. The van der Waals surface area contributed by atoms with Gasteiger partial charge in [0.2, 0.25) is 11.8 Å². The largest absolute Gasteiger partial charge is 0.467 e. The molecule has 4 aliphatic rings. The summed E-state index contributed by atoms with van der Waals surface area (Å²) in [4.78, 5) is 58.7. The van der Waals surface area contributed by atoms with Crippen molar-refractivity contribution in [3.63, 3.8) is 0 Å². The molecule has 0 aromatic heterocycles. The Bertz CT molecular complexity index is 2660. The fourth-order valence-electron chi connectivity index (χ4n) is 11.4. The van der Waals surface area contributed by atoms with Crippen LogP contribution in [0, 0.1) is 17.2 Å². The molecular weight excluding hydrogens is 947 g/mol. The maximum atomic E-state index is 14.2. The van der Waals surface area contributed by atoms with Gasteiger partial charge < -0.3 is 24.6 Å². The van der Waals surface area contributed by atoms with E-state index >= 15 is 0 Å². The molecule has 0 radical (unpaired) electrons. The average molecular weight is 1020 g/mol. The van der Waals surface area contributed by atoms with Crippen LogP contribution in [0.25, 0.3) is 0 Å². The third-order valence-electron chi connectivity index (χ3n) is 15.1. The number of nitrogens with one attached hydrogen (secondary N) is 1. The quantitative estimate of drug-likeness (QED) is 0.126. The van der Waals surface area contributed by atoms with Crippen LogP contribution in [0.2, 0.25) is 0 Å². The van der Waals surface area contributed by atoms with Crippen molar-refractivity contribution in [3.05, 3.63) is 215 Å². The van der Waals surface area contributed by atoms with Crippen molar-refractivity contribution in [3.8, 4) is 6.07 Å². The number of rotatable bonds is 11. The third kappa shape index (κ3) is 14.9. The molecule has 0 bridgehead atoms. The van der Waals surface area contributed by atoms with Gasteiger partial charge in [-0.1, -0.05) is 189 Å². The Balaban J connectivity index is 0.000000180. The molecule has 0 spiro atoms. The first-order chi connectivity index (χ1) is 37.1. The topological polar surface area (TPSA) is 132 Å². The molecule has 10 rings (SSSR count). The van der Waals surface area contributed by atoms with E-state index in [0.29, 0.717) is 31.8 Å². The molecule has 6 atom stereocenters. The molecule has 11 nitrogen and oxygen atoms in total. The van der Waals surface area contributed by atoms with Gasteiger partial charge in [-0.3, -0.25) is 14.5 Å². The predicted molar refractivity (Wildman–Crippen MR) is 299 cm³/mol. The number of carbonyl (C=O) groups is 4. The second kappa shape index (κ2) is 29.1. The zero-order chi connectivity index (χ0) is 53.7. The highest BCUT2D eigenvalue weighted by Crippen LogP contribution is 2.36. The Morgan fingerprint density at radius 2 is 0.921 bits per heavy atom. The van der Waals surface area contributed by atoms with Gasteiger partial charge in [0.1, 0.15) is 12.1 Å². The van der Waals surface area contributed by atoms with E-state index in [-0.39, 0.29) is 35.7 Å². The summed E-state index contributed by atoms with van der Waals surface area (Å²) in [6.07, 6.45) is 6.20. The molecule has 11 heteroatoms. The van der Waals surface area contributed by atoms with E-state index in [4.69, 9.17) is 14.7 Å². The predicted octanol–water partition coefficient (Wildman–Crippen LogP) is 10.8. The lowest BCUT2D eigenvalue weighted by Gasteiger charge is -2.37. The van der Waals surface area contributed by atoms with E-state index in [0.717, 1.165) is 54.2 Å². The molecular formula is C65H75N5O6. The third-order valence-corrected chi connectivity index (χ3v) is 15.1. The minimum absolute atomic E-state index is 0.0399. The first-order valence-corrected chi connectivity index (χ1v) is 27.0. The molecule has 396 valence electrons. The second-order valence-corrected chi connectivity index (χ2v) is 20.2. The molecule has 4 saturated heterocycles. The number of methoxy groups -OCH3 is 2. The number of nitriles is 1. The number of piperidine rings is 2. The summed E-state index contributed by atoms with van der Waals surface area (Å²) in [6, 6.07) is 61.5. The summed E-state index contributed by atoms with van der Waals surface area (Å²) in [5.74, 6) is -0.126. The lowest BCUT2D eigenvalue weighted by atomic mass is 9.89. The lowest BCUT2D eigenvalue weighted by molar-refractivity contribution is -0.151. The van der Waals surface area contributed by atoms with E-state index in [2.05, 4.69) is 77.8 Å². The van der Waals surface area contributed by atoms with Gasteiger partial charge in [0, 0.05) is 39.1 Å². The van der Waals surface area contributed by atoms with Crippen molar-refractivity contribution in [1.29, 1.82) is 5.26 Å². The fourth-order valence-corrected chi connectivity index (χ4v) is 11.4. The maximum Gasteiger partial charge on any atom is 0.328 e. The molecule has 0 aliphatic carbocycles. The molecule has 6 aromatic carbocycles. The van der Waals surface area contributed by atoms with Gasteiger partial charge in [0.05, 0.1) is 32.1 Å². The summed E-state index contributed by atoms with van der Waals surface area (Å²) in [5, 5.41) is 10.8. The van der Waals surface area contributed by atoms with Crippen LogP contribution < -0.4 is 5.32 Å². The van der Waals surface area contributed by atoms with Gasteiger partial charge >= 0.3 is 11.9 Å². The Morgan fingerprint density at radius 1 is 0.539 bits per heavy atom.